The van der Waals surface area contributed by atoms with E-state index in [1.165, 1.54) is 16.8 Å². The van der Waals surface area contributed by atoms with Gasteiger partial charge in [0.1, 0.15) is 0 Å². The van der Waals surface area contributed by atoms with Crippen LogP contribution in [0, 0.1) is 0 Å². The first kappa shape index (κ1) is 22.5. The largest absolute Gasteiger partial charge is 0.378 e. The minimum Gasteiger partial charge on any atom is -0.378 e. The van der Waals surface area contributed by atoms with Crippen molar-refractivity contribution in [1.82, 2.24) is 15.5 Å². The molecule has 0 aliphatic carbocycles. The third-order valence-electron chi connectivity index (χ3n) is 5.29. The third kappa shape index (κ3) is 6.67. The molecule has 3 aromatic rings. The molecule has 0 aliphatic rings. The van der Waals surface area contributed by atoms with Crippen molar-refractivity contribution < 1.29 is 9.32 Å². The van der Waals surface area contributed by atoms with Crippen LogP contribution in [0.1, 0.15) is 49.6 Å². The van der Waals surface area contributed by atoms with E-state index in [1.807, 2.05) is 26.2 Å². The molecule has 2 aromatic carbocycles. The first-order valence-electron chi connectivity index (χ1n) is 10.9. The molecule has 164 valence electrons. The topological polar surface area (TPSA) is 71.3 Å². The molecule has 0 spiro atoms. The molecule has 6 heteroatoms. The molecule has 0 bridgehead atoms. The molecule has 0 saturated heterocycles. The SMILES string of the molecule is CC(C)c1ccc(-c2noc(CCC(=O)NCCCc3ccc(N(C)C)cc3)n2)cc1. The highest BCUT2D eigenvalue weighted by molar-refractivity contribution is 5.76. The summed E-state index contributed by atoms with van der Waals surface area (Å²) in [5.74, 6) is 1.53. The Balaban J connectivity index is 1.38. The summed E-state index contributed by atoms with van der Waals surface area (Å²) in [5, 5.41) is 7.02. The summed E-state index contributed by atoms with van der Waals surface area (Å²) in [4.78, 5) is 18.6. The molecule has 0 atom stereocenters. The number of nitrogens with zero attached hydrogens (tertiary/aromatic N) is 3. The lowest BCUT2D eigenvalue weighted by Crippen LogP contribution is -2.25. The highest BCUT2D eigenvalue weighted by Crippen LogP contribution is 2.20. The number of aromatic nitrogens is 2. The number of aryl methyl sites for hydroxylation is 2. The zero-order valence-electron chi connectivity index (χ0n) is 18.9. The molecule has 31 heavy (non-hydrogen) atoms. The van der Waals surface area contributed by atoms with E-state index in [9.17, 15) is 4.79 Å². The fourth-order valence-electron chi connectivity index (χ4n) is 3.28. The molecule has 3 rings (SSSR count). The van der Waals surface area contributed by atoms with Crippen LogP contribution in [-0.2, 0) is 17.6 Å². The second-order valence-electron chi connectivity index (χ2n) is 8.30. The maximum absolute atomic E-state index is 12.1. The summed E-state index contributed by atoms with van der Waals surface area (Å²) in [6.45, 7) is 4.98. The molecule has 1 N–H and O–H groups in total. The summed E-state index contributed by atoms with van der Waals surface area (Å²) in [6, 6.07) is 16.7. The minimum atomic E-state index is 0.00370. The molecule has 0 fully saturated rings. The summed E-state index contributed by atoms with van der Waals surface area (Å²) in [7, 11) is 4.06. The van der Waals surface area contributed by atoms with Crippen LogP contribution in [0.4, 0.5) is 5.69 Å². The predicted octanol–water partition coefficient (Wildman–Crippen LogP) is 4.61. The van der Waals surface area contributed by atoms with E-state index < -0.39 is 0 Å². The summed E-state index contributed by atoms with van der Waals surface area (Å²) >= 11 is 0. The van der Waals surface area contributed by atoms with Crippen LogP contribution in [0.2, 0.25) is 0 Å². The number of anilines is 1. The second-order valence-corrected chi connectivity index (χ2v) is 8.30. The zero-order chi connectivity index (χ0) is 22.2. The third-order valence-corrected chi connectivity index (χ3v) is 5.29. The zero-order valence-corrected chi connectivity index (χ0v) is 18.9. The highest BCUT2D eigenvalue weighted by Gasteiger charge is 2.11. The van der Waals surface area contributed by atoms with Crippen molar-refractivity contribution in [2.24, 2.45) is 0 Å². The van der Waals surface area contributed by atoms with Gasteiger partial charge in [-0.15, -0.1) is 0 Å². The van der Waals surface area contributed by atoms with Crippen molar-refractivity contribution in [3.63, 3.8) is 0 Å². The second kappa shape index (κ2) is 10.8. The van der Waals surface area contributed by atoms with Crippen LogP contribution >= 0.6 is 0 Å². The molecule has 6 nitrogen and oxygen atoms in total. The van der Waals surface area contributed by atoms with Crippen LogP contribution in [0.3, 0.4) is 0 Å². The van der Waals surface area contributed by atoms with Gasteiger partial charge in [0.25, 0.3) is 0 Å². The van der Waals surface area contributed by atoms with Gasteiger partial charge in [-0.3, -0.25) is 4.79 Å². The fraction of sp³-hybridized carbons (Fsp3) is 0.400. The lowest BCUT2D eigenvalue weighted by molar-refractivity contribution is -0.121. The molecule has 0 aliphatic heterocycles. The van der Waals surface area contributed by atoms with Gasteiger partial charge in [-0.25, -0.2) is 0 Å². The van der Waals surface area contributed by atoms with Crippen molar-refractivity contribution in [3.05, 3.63) is 65.5 Å². The Morgan fingerprint density at radius 2 is 1.74 bits per heavy atom. The average Bonchev–Trinajstić information content (AvgIpc) is 3.25. The number of rotatable bonds is 10. The Kier molecular flexibility index (Phi) is 7.82. The molecule has 1 heterocycles. The number of amides is 1. The number of nitrogens with one attached hydrogen (secondary N) is 1. The Labute approximate surface area is 184 Å². The van der Waals surface area contributed by atoms with E-state index in [1.54, 1.807) is 0 Å². The van der Waals surface area contributed by atoms with Crippen LogP contribution < -0.4 is 10.2 Å². The fourth-order valence-corrected chi connectivity index (χ4v) is 3.28. The molecule has 0 radical (unpaired) electrons. The average molecular weight is 421 g/mol. The summed E-state index contributed by atoms with van der Waals surface area (Å²) in [5.41, 5.74) is 4.66. The monoisotopic (exact) mass is 420 g/mol. The van der Waals surface area contributed by atoms with Crippen LogP contribution in [-0.4, -0.2) is 36.7 Å². The Morgan fingerprint density at radius 1 is 1.03 bits per heavy atom. The number of benzene rings is 2. The highest BCUT2D eigenvalue weighted by atomic mass is 16.5. The van der Waals surface area contributed by atoms with E-state index in [4.69, 9.17) is 4.52 Å². The lowest BCUT2D eigenvalue weighted by atomic mass is 10.0. The predicted molar refractivity (Wildman–Crippen MR) is 124 cm³/mol. The Bertz CT molecular complexity index is 960. The number of carbonyl (C=O) groups excluding carboxylic acids is 1. The van der Waals surface area contributed by atoms with Crippen molar-refractivity contribution in [2.75, 3.05) is 25.5 Å². The minimum absolute atomic E-state index is 0.00370. The maximum atomic E-state index is 12.1. The van der Waals surface area contributed by atoms with Gasteiger partial charge in [0.05, 0.1) is 0 Å². The first-order chi connectivity index (χ1) is 14.9. The summed E-state index contributed by atoms with van der Waals surface area (Å²) < 4.78 is 5.31. The Morgan fingerprint density at radius 3 is 2.39 bits per heavy atom. The standard InChI is InChI=1S/C25H32N4O2/c1-18(2)20-9-11-21(12-10-20)25-27-24(31-28-25)16-15-23(30)26-17-5-6-19-7-13-22(14-8-19)29(3)4/h7-14,18H,5-6,15-17H2,1-4H3,(H,26,30). The van der Waals surface area contributed by atoms with E-state index in [0.717, 1.165) is 18.4 Å². The van der Waals surface area contributed by atoms with Gasteiger partial charge in [0, 0.05) is 44.7 Å². The van der Waals surface area contributed by atoms with Gasteiger partial charge < -0.3 is 14.7 Å². The number of hydrogen-bond acceptors (Lipinski definition) is 5. The maximum Gasteiger partial charge on any atom is 0.227 e. The van der Waals surface area contributed by atoms with E-state index in [2.05, 4.69) is 70.6 Å². The van der Waals surface area contributed by atoms with Gasteiger partial charge >= 0.3 is 0 Å². The molecular formula is C25H32N4O2. The van der Waals surface area contributed by atoms with Gasteiger partial charge in [0.2, 0.25) is 17.6 Å². The van der Waals surface area contributed by atoms with Gasteiger partial charge in [-0.05, 0) is 42.0 Å². The van der Waals surface area contributed by atoms with E-state index in [0.29, 0.717) is 37.0 Å². The van der Waals surface area contributed by atoms with Gasteiger partial charge in [0.15, 0.2) is 0 Å². The van der Waals surface area contributed by atoms with E-state index >= 15 is 0 Å². The molecule has 0 saturated carbocycles. The van der Waals surface area contributed by atoms with Crippen molar-refractivity contribution in [1.29, 1.82) is 0 Å². The normalized spacial score (nSPS) is 11.0. The van der Waals surface area contributed by atoms with Gasteiger partial charge in [-0.1, -0.05) is 55.4 Å². The Hall–Kier alpha value is -3.15. The molecule has 1 aromatic heterocycles. The lowest BCUT2D eigenvalue weighted by Gasteiger charge is -2.12. The number of carbonyl (C=O) groups is 1. The smallest absolute Gasteiger partial charge is 0.227 e. The molecule has 1 amide bonds. The van der Waals surface area contributed by atoms with Crippen molar-refractivity contribution >= 4 is 11.6 Å². The molecular weight excluding hydrogens is 388 g/mol. The van der Waals surface area contributed by atoms with Crippen LogP contribution in [0.15, 0.2) is 53.1 Å². The molecule has 0 unspecified atom stereocenters. The van der Waals surface area contributed by atoms with Crippen molar-refractivity contribution in [3.8, 4) is 11.4 Å². The van der Waals surface area contributed by atoms with Crippen molar-refractivity contribution in [2.45, 2.75) is 45.4 Å². The quantitative estimate of drug-likeness (QED) is 0.485. The number of hydrogen-bond donors (Lipinski definition) is 1. The summed E-state index contributed by atoms with van der Waals surface area (Å²) in [6.07, 6.45) is 2.63. The van der Waals surface area contributed by atoms with Gasteiger partial charge in [-0.2, -0.15) is 4.98 Å². The van der Waals surface area contributed by atoms with Crippen LogP contribution in [0.5, 0.6) is 0 Å². The van der Waals surface area contributed by atoms with E-state index in [-0.39, 0.29) is 5.91 Å². The van der Waals surface area contributed by atoms with Crippen LogP contribution in [0.25, 0.3) is 11.4 Å². The first-order valence-corrected chi connectivity index (χ1v) is 10.9.